The summed E-state index contributed by atoms with van der Waals surface area (Å²) >= 11 is 21.0. The van der Waals surface area contributed by atoms with Gasteiger partial charge < -0.3 is 36.7 Å². The van der Waals surface area contributed by atoms with Crippen molar-refractivity contribution in [3.05, 3.63) is 33.6 Å². The second kappa shape index (κ2) is 9.97. The third-order valence-electron chi connectivity index (χ3n) is 1.14. The summed E-state index contributed by atoms with van der Waals surface area (Å²) in [6, 6.07) is 3.28. The summed E-state index contributed by atoms with van der Waals surface area (Å²) in [5.41, 5.74) is 12.5. The van der Waals surface area contributed by atoms with Gasteiger partial charge in [-0.15, -0.1) is 0 Å². The average molecular weight is 333 g/mol. The van der Waals surface area contributed by atoms with Gasteiger partial charge in [-0.1, -0.05) is 23.2 Å². The van der Waals surface area contributed by atoms with Crippen LogP contribution in [0.2, 0.25) is 10.0 Å². The van der Waals surface area contributed by atoms with Crippen molar-refractivity contribution in [2.24, 2.45) is 0 Å². The summed E-state index contributed by atoms with van der Waals surface area (Å²) in [6.07, 6.45) is 0. The fraction of sp³-hybridized carbons (Fsp3) is 0.250. The quantitative estimate of drug-likeness (QED) is 0.578. The van der Waals surface area contributed by atoms with E-state index in [4.69, 9.17) is 59.9 Å². The molecular weight excluding hydrogens is 325 g/mol. The van der Waals surface area contributed by atoms with E-state index >= 15 is 0 Å². The maximum Gasteiger partial charge on any atom is 0.0201 e. The maximum atomic E-state index is 6.26. The van der Waals surface area contributed by atoms with Crippen LogP contribution in [0, 0.1) is 0 Å². The van der Waals surface area contributed by atoms with Crippen LogP contribution in [0.1, 0.15) is 0 Å². The van der Waals surface area contributed by atoms with E-state index in [2.05, 4.69) is 0 Å². The van der Waals surface area contributed by atoms with Crippen molar-refractivity contribution < 1.29 is 19.5 Å². The molecule has 0 aliphatic rings. The Morgan fingerprint density at radius 1 is 0.933 bits per heavy atom. The van der Waals surface area contributed by atoms with Crippen LogP contribution >= 0.6 is 23.2 Å². The van der Waals surface area contributed by atoms with Crippen LogP contribution in [-0.4, -0.2) is 13.1 Å². The van der Waals surface area contributed by atoms with E-state index in [0.29, 0.717) is 19.8 Å². The van der Waals surface area contributed by atoms with Crippen LogP contribution in [-0.2, 0) is 44.7 Å². The van der Waals surface area contributed by atoms with E-state index in [1.54, 1.807) is 12.1 Å². The predicted molar refractivity (Wildman–Crippen MR) is 66.1 cm³/mol. The molecule has 0 unspecified atom stereocenters. The molecule has 0 saturated heterocycles. The zero-order chi connectivity index (χ0) is 11.1. The van der Waals surface area contributed by atoms with Crippen molar-refractivity contribution >= 4 is 48.5 Å². The van der Waals surface area contributed by atoms with Crippen LogP contribution in [0.25, 0.3) is 11.5 Å². The Balaban J connectivity index is 0. The van der Waals surface area contributed by atoms with Crippen molar-refractivity contribution in [1.82, 2.24) is 0 Å². The number of hydrogen-bond acceptors (Lipinski definition) is 2. The van der Waals surface area contributed by atoms with Gasteiger partial charge in [-0.25, -0.2) is 0 Å². The van der Waals surface area contributed by atoms with Gasteiger partial charge in [0.15, 0.2) is 0 Å². The van der Waals surface area contributed by atoms with E-state index in [-0.39, 0.29) is 32.6 Å². The number of nitrogens with one attached hydrogen (secondary N) is 2. The third-order valence-corrected chi connectivity index (χ3v) is 2.97. The molecule has 0 fully saturated rings. The molecule has 0 radical (unpaired) electrons. The smallest absolute Gasteiger partial charge is 0.0201 e. The molecule has 2 N–H and O–H groups in total. The van der Waals surface area contributed by atoms with Gasteiger partial charge >= 0.3 is 0 Å². The van der Waals surface area contributed by atoms with Crippen LogP contribution in [0.3, 0.4) is 0 Å². The van der Waals surface area contributed by atoms with Crippen molar-refractivity contribution in [3.8, 4) is 0 Å². The SMILES string of the molecule is [NH-]CC[NH-].[S-]c1c(Cl)ccc(Cl)c1[S-].[Zn]. The van der Waals surface area contributed by atoms with E-state index in [1.807, 2.05) is 0 Å². The molecule has 0 heterocycles. The first-order valence-electron chi connectivity index (χ1n) is 3.65. The minimum Gasteiger partial charge on any atom is -0.780 e. The van der Waals surface area contributed by atoms with Crippen LogP contribution < -0.4 is 0 Å². The molecule has 1 rings (SSSR count). The molecule has 0 spiro atoms. The van der Waals surface area contributed by atoms with Crippen molar-refractivity contribution in [2.45, 2.75) is 9.79 Å². The number of halogens is 2. The molecule has 7 heteroatoms. The molecule has 82 valence electrons. The molecule has 0 aliphatic carbocycles. The zero-order valence-corrected chi connectivity index (χ0v) is 14.0. The maximum absolute atomic E-state index is 6.26. The molecule has 0 saturated carbocycles. The second-order valence-corrected chi connectivity index (χ2v) is 3.82. The van der Waals surface area contributed by atoms with Gasteiger partial charge in [-0.3, -0.25) is 0 Å². The first kappa shape index (κ1) is 18.2. The molecule has 0 amide bonds. The second-order valence-electron chi connectivity index (χ2n) is 2.19. The van der Waals surface area contributed by atoms with Crippen molar-refractivity contribution in [2.75, 3.05) is 13.1 Å². The fourth-order valence-corrected chi connectivity index (χ4v) is 1.30. The molecular formula is C8H8Cl2N2S2Zn-4. The first-order valence-corrected chi connectivity index (χ1v) is 5.23. The van der Waals surface area contributed by atoms with Crippen LogP contribution in [0.15, 0.2) is 21.9 Å². The molecule has 1 aromatic rings. The summed E-state index contributed by atoms with van der Waals surface area (Å²) in [7, 11) is 0. The van der Waals surface area contributed by atoms with Gasteiger partial charge in [0.2, 0.25) is 0 Å². The summed E-state index contributed by atoms with van der Waals surface area (Å²) in [6.45, 7) is 0.472. The van der Waals surface area contributed by atoms with Crippen LogP contribution in [0.4, 0.5) is 0 Å². The van der Waals surface area contributed by atoms with E-state index in [1.165, 1.54) is 0 Å². The minimum atomic E-state index is 0. The van der Waals surface area contributed by atoms with E-state index < -0.39 is 0 Å². The molecule has 0 aromatic heterocycles. The zero-order valence-electron chi connectivity index (χ0n) is 7.85. The van der Waals surface area contributed by atoms with E-state index in [0.717, 1.165) is 0 Å². The molecule has 15 heavy (non-hydrogen) atoms. The van der Waals surface area contributed by atoms with Gasteiger partial charge in [0, 0.05) is 29.5 Å². The monoisotopic (exact) mass is 330 g/mol. The van der Waals surface area contributed by atoms with Gasteiger partial charge in [-0.05, 0) is 12.1 Å². The van der Waals surface area contributed by atoms with Gasteiger partial charge in [-0.2, -0.15) is 22.9 Å². The van der Waals surface area contributed by atoms with Crippen molar-refractivity contribution in [1.29, 1.82) is 0 Å². The largest absolute Gasteiger partial charge is 0.780 e. The molecule has 1 aromatic carbocycles. The van der Waals surface area contributed by atoms with E-state index in [9.17, 15) is 0 Å². The summed E-state index contributed by atoms with van der Waals surface area (Å²) in [5, 5.41) is 0.980. The Morgan fingerprint density at radius 2 is 1.20 bits per heavy atom. The molecule has 0 atom stereocenters. The van der Waals surface area contributed by atoms with Crippen molar-refractivity contribution in [3.63, 3.8) is 0 Å². The molecule has 0 aliphatic heterocycles. The normalized spacial score (nSPS) is 8.53. The Kier molecular flexibility index (Phi) is 12.1. The Hall–Kier alpha value is 0.783. The topological polar surface area (TPSA) is 47.6 Å². The summed E-state index contributed by atoms with van der Waals surface area (Å²) < 4.78 is 0. The molecule has 0 bridgehead atoms. The Morgan fingerprint density at radius 3 is 1.40 bits per heavy atom. The summed E-state index contributed by atoms with van der Waals surface area (Å²) in [5.74, 6) is 0. The summed E-state index contributed by atoms with van der Waals surface area (Å²) in [4.78, 5) is 0.924. The van der Waals surface area contributed by atoms with Crippen LogP contribution in [0.5, 0.6) is 0 Å². The molecule has 2 nitrogen and oxygen atoms in total. The first-order chi connectivity index (χ1) is 6.54. The van der Waals surface area contributed by atoms with Gasteiger partial charge in [0.05, 0.1) is 0 Å². The number of benzene rings is 1. The van der Waals surface area contributed by atoms with Gasteiger partial charge in [0.1, 0.15) is 0 Å². The third kappa shape index (κ3) is 6.85. The Bertz CT molecular complexity index is 271. The number of hydrogen-bond donors (Lipinski definition) is 0. The number of rotatable bonds is 1. The average Bonchev–Trinajstić information content (AvgIpc) is 2.21. The fourth-order valence-electron chi connectivity index (χ4n) is 0.515. The van der Waals surface area contributed by atoms with Gasteiger partial charge in [0.25, 0.3) is 0 Å². The standard InChI is InChI=1S/C6H4Cl2S2.C2H6N2.Zn/c7-3-1-2-4(8)6(10)5(3)9;3-1-2-4;/h1-2,9-10H;3-4H,1-2H2;/q;-2;/p-2. The minimum absolute atomic E-state index is 0. The Labute approximate surface area is 124 Å². The predicted octanol–water partition coefficient (Wildman–Crippen LogP) is 3.89.